The average molecular weight is 349 g/mol. The monoisotopic (exact) mass is 348 g/mol. The highest BCUT2D eigenvalue weighted by atomic mass is 79.9. The molecule has 0 aliphatic heterocycles. The molecule has 20 heavy (non-hydrogen) atoms. The summed E-state index contributed by atoms with van der Waals surface area (Å²) < 4.78 is 18.3. The molecular formula is C12H14BrFN2O4. The molecule has 0 N–H and O–H groups in total. The molecule has 1 rings (SSSR count). The van der Waals surface area contributed by atoms with Crippen LogP contribution >= 0.6 is 15.9 Å². The molecule has 0 unspecified atom stereocenters. The van der Waals surface area contributed by atoms with E-state index in [4.69, 9.17) is 4.74 Å². The number of nitro benzene ring substituents is 1. The van der Waals surface area contributed by atoms with Crippen molar-refractivity contribution >= 4 is 33.3 Å². The fraction of sp³-hybridized carbons (Fsp3) is 0.417. The van der Waals surface area contributed by atoms with Gasteiger partial charge in [-0.2, -0.15) is 0 Å². The summed E-state index contributed by atoms with van der Waals surface area (Å²) in [6.07, 6.45) is 0.0686. The van der Waals surface area contributed by atoms with E-state index in [-0.39, 0.29) is 35.4 Å². The number of carbonyl (C=O) groups is 1. The maximum absolute atomic E-state index is 13.5. The quantitative estimate of drug-likeness (QED) is 0.449. The zero-order valence-corrected chi connectivity index (χ0v) is 12.6. The third-order valence-corrected chi connectivity index (χ3v) is 3.19. The zero-order valence-electron chi connectivity index (χ0n) is 11.1. The Morgan fingerprint density at radius 3 is 2.75 bits per heavy atom. The van der Waals surface area contributed by atoms with Crippen molar-refractivity contribution in [3.63, 3.8) is 0 Å². The maximum atomic E-state index is 13.5. The van der Waals surface area contributed by atoms with Crippen molar-refractivity contribution in [1.82, 2.24) is 0 Å². The molecule has 0 spiro atoms. The van der Waals surface area contributed by atoms with Crippen LogP contribution in [0, 0.1) is 15.9 Å². The number of hydrogen-bond acceptors (Lipinski definition) is 5. The van der Waals surface area contributed by atoms with E-state index in [1.807, 2.05) is 0 Å². The van der Waals surface area contributed by atoms with Crippen molar-refractivity contribution in [1.29, 1.82) is 0 Å². The number of esters is 1. The number of rotatable bonds is 6. The predicted octanol–water partition coefficient (Wildman–Crippen LogP) is 2.89. The first-order valence-electron chi connectivity index (χ1n) is 5.87. The Hall–Kier alpha value is -1.70. The number of ether oxygens (including phenoxy) is 1. The van der Waals surface area contributed by atoms with Gasteiger partial charge in [-0.3, -0.25) is 14.9 Å². The van der Waals surface area contributed by atoms with E-state index < -0.39 is 16.7 Å². The Balaban J connectivity index is 2.91. The van der Waals surface area contributed by atoms with Gasteiger partial charge in [0, 0.05) is 25.7 Å². The normalized spacial score (nSPS) is 10.2. The minimum Gasteiger partial charge on any atom is -0.466 e. The van der Waals surface area contributed by atoms with Crippen molar-refractivity contribution in [2.45, 2.75) is 13.3 Å². The molecule has 1 aromatic rings. The summed E-state index contributed by atoms with van der Waals surface area (Å²) in [7, 11) is 1.55. The summed E-state index contributed by atoms with van der Waals surface area (Å²) in [6, 6.07) is 2.17. The fourth-order valence-corrected chi connectivity index (χ4v) is 1.92. The molecular weight excluding hydrogens is 335 g/mol. The Labute approximate surface area is 123 Å². The lowest BCUT2D eigenvalue weighted by Gasteiger charge is -2.19. The summed E-state index contributed by atoms with van der Waals surface area (Å²) in [5.41, 5.74) is -0.121. The lowest BCUT2D eigenvalue weighted by Crippen LogP contribution is -2.23. The highest BCUT2D eigenvalue weighted by Gasteiger charge is 2.21. The van der Waals surface area contributed by atoms with Gasteiger partial charge < -0.3 is 9.64 Å². The summed E-state index contributed by atoms with van der Waals surface area (Å²) in [5, 5.41) is 11.0. The van der Waals surface area contributed by atoms with E-state index in [2.05, 4.69) is 15.9 Å². The van der Waals surface area contributed by atoms with Crippen molar-refractivity contribution in [3.05, 3.63) is 32.5 Å². The second kappa shape index (κ2) is 7.18. The zero-order chi connectivity index (χ0) is 15.3. The first-order chi connectivity index (χ1) is 9.36. The Morgan fingerprint density at radius 1 is 1.55 bits per heavy atom. The lowest BCUT2D eigenvalue weighted by atomic mass is 10.2. The van der Waals surface area contributed by atoms with E-state index in [0.717, 1.165) is 12.1 Å². The number of benzene rings is 1. The standard InChI is InChI=1S/C12H14BrFN2O4/c1-3-20-12(17)4-5-15(2)10-7-9(14)8(13)6-11(10)16(18)19/h6-7H,3-5H2,1-2H3. The van der Waals surface area contributed by atoms with Crippen LogP contribution in [0.15, 0.2) is 16.6 Å². The van der Waals surface area contributed by atoms with E-state index in [0.29, 0.717) is 0 Å². The van der Waals surface area contributed by atoms with Crippen molar-refractivity contribution in [3.8, 4) is 0 Å². The Kier molecular flexibility index (Phi) is 5.87. The van der Waals surface area contributed by atoms with E-state index in [1.165, 1.54) is 4.90 Å². The van der Waals surface area contributed by atoms with Crippen LogP contribution in [0.1, 0.15) is 13.3 Å². The SMILES string of the molecule is CCOC(=O)CCN(C)c1cc(F)c(Br)cc1[N+](=O)[O-]. The van der Waals surface area contributed by atoms with Gasteiger partial charge in [-0.15, -0.1) is 0 Å². The van der Waals surface area contributed by atoms with Crippen molar-refractivity contribution in [2.24, 2.45) is 0 Å². The first kappa shape index (κ1) is 16.4. The molecule has 110 valence electrons. The van der Waals surface area contributed by atoms with E-state index in [9.17, 15) is 19.3 Å². The van der Waals surface area contributed by atoms with Crippen molar-refractivity contribution in [2.75, 3.05) is 25.1 Å². The third-order valence-electron chi connectivity index (χ3n) is 2.58. The van der Waals surface area contributed by atoms with Gasteiger partial charge in [-0.05, 0) is 22.9 Å². The molecule has 0 bridgehead atoms. The van der Waals surface area contributed by atoms with Crippen LogP contribution in [0.2, 0.25) is 0 Å². The van der Waals surface area contributed by atoms with Crippen LogP contribution in [0.4, 0.5) is 15.8 Å². The number of hydrogen-bond donors (Lipinski definition) is 0. The molecule has 0 aliphatic carbocycles. The Morgan fingerprint density at radius 2 is 2.20 bits per heavy atom. The molecule has 0 fully saturated rings. The molecule has 0 aromatic heterocycles. The minimum absolute atomic E-state index is 0.0201. The summed E-state index contributed by atoms with van der Waals surface area (Å²) in [5.74, 6) is -1.01. The highest BCUT2D eigenvalue weighted by molar-refractivity contribution is 9.10. The van der Waals surface area contributed by atoms with E-state index >= 15 is 0 Å². The van der Waals surface area contributed by atoms with Crippen LogP contribution in [0.5, 0.6) is 0 Å². The third kappa shape index (κ3) is 4.16. The Bertz CT molecular complexity index is 524. The largest absolute Gasteiger partial charge is 0.466 e. The molecule has 0 radical (unpaired) electrons. The molecule has 1 aromatic carbocycles. The molecule has 0 saturated carbocycles. The van der Waals surface area contributed by atoms with Gasteiger partial charge in [0.1, 0.15) is 11.5 Å². The van der Waals surface area contributed by atoms with E-state index in [1.54, 1.807) is 14.0 Å². The van der Waals surface area contributed by atoms with Crippen molar-refractivity contribution < 1.29 is 18.8 Å². The molecule has 0 aliphatic rings. The van der Waals surface area contributed by atoms with Crippen LogP contribution < -0.4 is 4.90 Å². The fourth-order valence-electron chi connectivity index (χ4n) is 1.59. The smallest absolute Gasteiger partial charge is 0.307 e. The van der Waals surface area contributed by atoms with Crippen LogP contribution in [0.25, 0.3) is 0 Å². The number of halogens is 2. The summed E-state index contributed by atoms with van der Waals surface area (Å²) in [4.78, 5) is 23.1. The number of carbonyl (C=O) groups excluding carboxylic acids is 1. The minimum atomic E-state index is -0.603. The molecule has 6 nitrogen and oxygen atoms in total. The molecule has 0 saturated heterocycles. The van der Waals surface area contributed by atoms with Gasteiger partial charge in [-0.1, -0.05) is 0 Å². The lowest BCUT2D eigenvalue weighted by molar-refractivity contribution is -0.384. The second-order valence-electron chi connectivity index (χ2n) is 3.99. The van der Waals surface area contributed by atoms with Gasteiger partial charge in [0.25, 0.3) is 5.69 Å². The van der Waals surface area contributed by atoms with Crippen LogP contribution in [-0.4, -0.2) is 31.1 Å². The number of anilines is 1. The number of nitrogens with zero attached hydrogens (tertiary/aromatic N) is 2. The van der Waals surface area contributed by atoms with Gasteiger partial charge in [0.05, 0.1) is 22.4 Å². The molecule has 0 heterocycles. The predicted molar refractivity (Wildman–Crippen MR) is 75.3 cm³/mol. The summed E-state index contributed by atoms with van der Waals surface area (Å²) >= 11 is 2.91. The molecule has 0 amide bonds. The van der Waals surface area contributed by atoms with Gasteiger partial charge in [-0.25, -0.2) is 4.39 Å². The highest BCUT2D eigenvalue weighted by Crippen LogP contribution is 2.32. The topological polar surface area (TPSA) is 72.7 Å². The first-order valence-corrected chi connectivity index (χ1v) is 6.66. The van der Waals surface area contributed by atoms with Gasteiger partial charge in [0.2, 0.25) is 0 Å². The summed E-state index contributed by atoms with van der Waals surface area (Å²) in [6.45, 7) is 2.16. The molecule has 8 heteroatoms. The average Bonchev–Trinajstić information content (AvgIpc) is 2.38. The van der Waals surface area contributed by atoms with Crippen LogP contribution in [0.3, 0.4) is 0 Å². The van der Waals surface area contributed by atoms with Gasteiger partial charge >= 0.3 is 5.97 Å². The second-order valence-corrected chi connectivity index (χ2v) is 4.84. The maximum Gasteiger partial charge on any atom is 0.307 e. The number of nitro groups is 1. The molecule has 0 atom stereocenters. The van der Waals surface area contributed by atoms with Crippen LogP contribution in [-0.2, 0) is 9.53 Å². The van der Waals surface area contributed by atoms with Gasteiger partial charge in [0.15, 0.2) is 0 Å².